The van der Waals surface area contributed by atoms with Gasteiger partial charge in [-0.15, -0.1) is 0 Å². The molecule has 1 atom stereocenters. The van der Waals surface area contributed by atoms with Gasteiger partial charge in [0.1, 0.15) is 11.9 Å². The minimum atomic E-state index is -0.894. The summed E-state index contributed by atoms with van der Waals surface area (Å²) in [7, 11) is 0. The highest BCUT2D eigenvalue weighted by Gasteiger charge is 2.16. The number of allylic oxidation sites excluding steroid dienone is 5. The van der Waals surface area contributed by atoms with Crippen molar-refractivity contribution in [1.82, 2.24) is 10.3 Å². The van der Waals surface area contributed by atoms with Crippen LogP contribution in [0, 0.1) is 6.92 Å². The summed E-state index contributed by atoms with van der Waals surface area (Å²) < 4.78 is 0. The molecule has 5 heteroatoms. The summed E-state index contributed by atoms with van der Waals surface area (Å²) in [5.41, 5.74) is 5.16. The summed E-state index contributed by atoms with van der Waals surface area (Å²) in [6, 6.07) is 2.99. The Hall–Kier alpha value is -2.40. The average Bonchev–Trinajstić information content (AvgIpc) is 2.65. The smallest absolute Gasteiger partial charge is 0.327 e. The van der Waals surface area contributed by atoms with E-state index in [9.17, 15) is 9.90 Å². The Morgan fingerprint density at radius 3 is 2.31 bits per heavy atom. The maximum Gasteiger partial charge on any atom is 0.327 e. The second-order valence-electron chi connectivity index (χ2n) is 7.87. The summed E-state index contributed by atoms with van der Waals surface area (Å²) in [5.74, 6) is -0.322. The first-order valence-corrected chi connectivity index (χ1v) is 10.3. The zero-order chi connectivity index (χ0) is 21.6. The van der Waals surface area contributed by atoms with Gasteiger partial charge in [0.05, 0.1) is 0 Å². The highest BCUT2D eigenvalue weighted by atomic mass is 16.4. The van der Waals surface area contributed by atoms with Crippen molar-refractivity contribution in [3.8, 4) is 0 Å². The number of hydrogen-bond acceptors (Lipinski definition) is 4. The van der Waals surface area contributed by atoms with Crippen molar-refractivity contribution in [2.75, 3.05) is 18.4 Å². The van der Waals surface area contributed by atoms with Crippen LogP contribution in [0.4, 0.5) is 5.82 Å². The summed E-state index contributed by atoms with van der Waals surface area (Å²) >= 11 is 0. The van der Waals surface area contributed by atoms with E-state index in [4.69, 9.17) is 0 Å². The number of pyridine rings is 1. The zero-order valence-corrected chi connectivity index (χ0v) is 18.6. The lowest BCUT2D eigenvalue weighted by Gasteiger charge is -2.15. The lowest BCUT2D eigenvalue weighted by molar-refractivity contribution is -0.137. The van der Waals surface area contributed by atoms with E-state index < -0.39 is 12.0 Å². The molecule has 0 aromatic carbocycles. The third-order valence-electron chi connectivity index (χ3n) is 4.60. The lowest BCUT2D eigenvalue weighted by Crippen LogP contribution is -2.39. The third-order valence-corrected chi connectivity index (χ3v) is 4.60. The minimum Gasteiger partial charge on any atom is -0.480 e. The van der Waals surface area contributed by atoms with Gasteiger partial charge in [0.15, 0.2) is 0 Å². The molecule has 5 nitrogen and oxygen atoms in total. The first-order chi connectivity index (χ1) is 13.8. The Labute approximate surface area is 176 Å². The van der Waals surface area contributed by atoms with E-state index in [1.807, 2.05) is 13.0 Å². The van der Waals surface area contributed by atoms with Gasteiger partial charge in [-0.1, -0.05) is 41.0 Å². The maximum atomic E-state index is 11.5. The fraction of sp³-hybridized carbons (Fsp3) is 0.500. The molecule has 160 valence electrons. The van der Waals surface area contributed by atoms with Crippen LogP contribution < -0.4 is 10.6 Å². The molecular formula is C24H37N3O2. The second kappa shape index (κ2) is 13.7. The summed E-state index contributed by atoms with van der Waals surface area (Å²) in [4.78, 5) is 15.7. The number of carboxylic acids is 1. The molecule has 1 rings (SSSR count). The van der Waals surface area contributed by atoms with Crippen LogP contribution in [0.3, 0.4) is 0 Å². The van der Waals surface area contributed by atoms with E-state index in [1.54, 1.807) is 12.3 Å². The largest absolute Gasteiger partial charge is 0.480 e. The molecule has 0 aliphatic carbocycles. The molecule has 0 radical (unpaired) electrons. The number of rotatable bonds is 13. The maximum absolute atomic E-state index is 11.5. The first-order valence-electron chi connectivity index (χ1n) is 10.3. The summed E-state index contributed by atoms with van der Waals surface area (Å²) in [6.45, 7) is 11.5. The molecule has 0 aliphatic rings. The van der Waals surface area contributed by atoms with E-state index in [0.717, 1.165) is 31.2 Å². The van der Waals surface area contributed by atoms with Crippen molar-refractivity contribution in [2.24, 2.45) is 0 Å². The number of carboxylic acid groups (broad SMARTS) is 1. The highest BCUT2D eigenvalue weighted by Crippen LogP contribution is 2.11. The van der Waals surface area contributed by atoms with E-state index in [2.05, 4.69) is 61.5 Å². The Kier molecular flexibility index (Phi) is 11.7. The third kappa shape index (κ3) is 11.9. The van der Waals surface area contributed by atoms with E-state index >= 15 is 0 Å². The van der Waals surface area contributed by atoms with Crippen molar-refractivity contribution in [2.45, 2.75) is 66.3 Å². The van der Waals surface area contributed by atoms with Gasteiger partial charge in [-0.05, 0) is 71.9 Å². The monoisotopic (exact) mass is 399 g/mol. The topological polar surface area (TPSA) is 74.2 Å². The normalized spacial score (nSPS) is 13.1. The van der Waals surface area contributed by atoms with Gasteiger partial charge >= 0.3 is 5.97 Å². The van der Waals surface area contributed by atoms with Gasteiger partial charge in [-0.25, -0.2) is 9.78 Å². The van der Waals surface area contributed by atoms with Gasteiger partial charge < -0.3 is 15.7 Å². The van der Waals surface area contributed by atoms with Crippen LogP contribution in [0.1, 0.15) is 58.9 Å². The van der Waals surface area contributed by atoms with Crippen LogP contribution in [0.2, 0.25) is 0 Å². The Bertz CT molecular complexity index is 714. The molecule has 0 amide bonds. The molecule has 1 unspecified atom stereocenters. The van der Waals surface area contributed by atoms with Crippen LogP contribution in [-0.4, -0.2) is 35.2 Å². The van der Waals surface area contributed by atoms with E-state index in [1.165, 1.54) is 16.7 Å². The predicted octanol–water partition coefficient (Wildman–Crippen LogP) is 5.26. The number of hydrogen-bond donors (Lipinski definition) is 3. The van der Waals surface area contributed by atoms with Crippen LogP contribution in [-0.2, 0) is 4.79 Å². The number of aromatic nitrogens is 1. The molecule has 0 saturated heterocycles. The number of nitrogens with zero attached hydrogens (tertiary/aromatic N) is 1. The molecule has 1 aromatic rings. The number of anilines is 1. The molecule has 0 bridgehead atoms. The van der Waals surface area contributed by atoms with Crippen LogP contribution in [0.5, 0.6) is 0 Å². The lowest BCUT2D eigenvalue weighted by atomic mass is 10.1. The summed E-state index contributed by atoms with van der Waals surface area (Å²) in [5, 5.41) is 15.6. The molecule has 29 heavy (non-hydrogen) atoms. The molecule has 0 saturated carbocycles. The molecule has 0 spiro atoms. The van der Waals surface area contributed by atoms with Crippen molar-refractivity contribution < 1.29 is 9.90 Å². The van der Waals surface area contributed by atoms with Crippen LogP contribution in [0.15, 0.2) is 53.3 Å². The number of nitrogens with one attached hydrogen (secondary N) is 2. The van der Waals surface area contributed by atoms with E-state index in [-0.39, 0.29) is 0 Å². The number of aryl methyl sites for hydroxylation is 1. The van der Waals surface area contributed by atoms with Gasteiger partial charge in [0.2, 0.25) is 0 Å². The molecule has 0 fully saturated rings. The minimum absolute atomic E-state index is 0.331. The molecule has 0 aliphatic heterocycles. The van der Waals surface area contributed by atoms with Gasteiger partial charge in [0.25, 0.3) is 0 Å². The van der Waals surface area contributed by atoms with Crippen molar-refractivity contribution in [3.63, 3.8) is 0 Å². The van der Waals surface area contributed by atoms with Gasteiger partial charge in [-0.3, -0.25) is 0 Å². The average molecular weight is 400 g/mol. The Balaban J connectivity index is 2.33. The molecule has 3 N–H and O–H groups in total. The van der Waals surface area contributed by atoms with Crippen LogP contribution >= 0.6 is 0 Å². The molecule has 1 heterocycles. The van der Waals surface area contributed by atoms with Gasteiger partial charge in [0, 0.05) is 19.3 Å². The predicted molar refractivity (Wildman–Crippen MR) is 122 cm³/mol. The number of aliphatic carboxylic acids is 1. The van der Waals surface area contributed by atoms with Crippen molar-refractivity contribution in [1.29, 1.82) is 0 Å². The van der Waals surface area contributed by atoms with E-state index in [0.29, 0.717) is 18.9 Å². The Morgan fingerprint density at radius 2 is 1.72 bits per heavy atom. The first kappa shape index (κ1) is 24.6. The standard InChI is InChI=1S/C24H37N3O2/c1-18(2)8-6-9-19(3)10-7-11-20(4)14-15-25-17-22(24(28)29)27-23-13-12-21(5)16-26-23/h8,10,12-14,16,22,25H,6-7,9,11,15,17H2,1-5H3,(H,26,27)(H,28,29). The fourth-order valence-corrected chi connectivity index (χ4v) is 2.74. The Morgan fingerprint density at radius 1 is 1.07 bits per heavy atom. The fourth-order valence-electron chi connectivity index (χ4n) is 2.74. The number of carbonyl (C=O) groups is 1. The zero-order valence-electron chi connectivity index (χ0n) is 18.6. The quantitative estimate of drug-likeness (QED) is 0.311. The van der Waals surface area contributed by atoms with Crippen LogP contribution in [0.25, 0.3) is 0 Å². The molecule has 1 aromatic heterocycles. The molecular weight excluding hydrogens is 362 g/mol. The van der Waals surface area contributed by atoms with Crippen molar-refractivity contribution >= 4 is 11.8 Å². The van der Waals surface area contributed by atoms with Gasteiger partial charge in [-0.2, -0.15) is 0 Å². The second-order valence-corrected chi connectivity index (χ2v) is 7.87. The summed E-state index contributed by atoms with van der Waals surface area (Å²) in [6.07, 6.45) is 12.8. The SMILES string of the molecule is CC(C)=CCCC(C)=CCCC(C)=CCNCC(Nc1ccc(C)cn1)C(=O)O. The van der Waals surface area contributed by atoms with Crippen molar-refractivity contribution in [3.05, 3.63) is 58.8 Å². The highest BCUT2D eigenvalue weighted by molar-refractivity contribution is 5.77.